The van der Waals surface area contributed by atoms with Gasteiger partial charge in [-0.2, -0.15) is 0 Å². The number of nitrogens with zero attached hydrogens (tertiary/aromatic N) is 1. The van der Waals surface area contributed by atoms with Crippen molar-refractivity contribution in [3.63, 3.8) is 0 Å². The highest BCUT2D eigenvalue weighted by Crippen LogP contribution is 2.31. The second kappa shape index (κ2) is 6.24. The molecule has 2 N–H and O–H groups in total. The van der Waals surface area contributed by atoms with Gasteiger partial charge in [-0.05, 0) is 38.3 Å². The van der Waals surface area contributed by atoms with Gasteiger partial charge in [0.05, 0.1) is 0 Å². The molecule has 0 aromatic heterocycles. The van der Waals surface area contributed by atoms with Crippen LogP contribution < -0.4 is 10.6 Å². The average Bonchev–Trinajstić information content (AvgIpc) is 2.41. The lowest BCUT2D eigenvalue weighted by atomic mass is 9.93. The minimum atomic E-state index is 0.110. The molecule has 0 spiro atoms. The topological polar surface area (TPSA) is 29.3 Å². The quantitative estimate of drug-likeness (QED) is 0.874. The van der Waals surface area contributed by atoms with E-state index in [1.54, 1.807) is 0 Å². The Kier molecular flexibility index (Phi) is 4.65. The summed E-state index contributed by atoms with van der Waals surface area (Å²) >= 11 is 0. The molecular formula is C16H26N2. The monoisotopic (exact) mass is 246 g/mol. The average molecular weight is 246 g/mol. The van der Waals surface area contributed by atoms with Crippen LogP contribution in [0.5, 0.6) is 0 Å². The van der Waals surface area contributed by atoms with E-state index in [0.717, 1.165) is 6.54 Å². The zero-order valence-corrected chi connectivity index (χ0v) is 11.7. The number of benzene rings is 1. The van der Waals surface area contributed by atoms with E-state index in [2.05, 4.69) is 43.0 Å². The van der Waals surface area contributed by atoms with Crippen LogP contribution in [0.2, 0.25) is 0 Å². The molecule has 1 unspecified atom stereocenters. The van der Waals surface area contributed by atoms with Gasteiger partial charge in [0, 0.05) is 24.3 Å². The molecule has 0 amide bonds. The lowest BCUT2D eigenvalue weighted by molar-refractivity contribution is 0.417. The number of hydrogen-bond acceptors (Lipinski definition) is 2. The van der Waals surface area contributed by atoms with E-state index in [1.807, 2.05) is 0 Å². The third kappa shape index (κ3) is 2.86. The van der Waals surface area contributed by atoms with Gasteiger partial charge < -0.3 is 10.6 Å². The smallest absolute Gasteiger partial charge is 0.0416 e. The number of nitrogens with two attached hydrogens (primary N) is 1. The molecule has 0 saturated heterocycles. The van der Waals surface area contributed by atoms with Crippen LogP contribution in [-0.4, -0.2) is 12.6 Å². The van der Waals surface area contributed by atoms with Crippen molar-refractivity contribution < 1.29 is 0 Å². The molecule has 1 fully saturated rings. The van der Waals surface area contributed by atoms with Crippen LogP contribution in [0.3, 0.4) is 0 Å². The van der Waals surface area contributed by atoms with Crippen molar-refractivity contribution >= 4 is 5.69 Å². The van der Waals surface area contributed by atoms with Gasteiger partial charge in [-0.15, -0.1) is 0 Å². The van der Waals surface area contributed by atoms with E-state index in [-0.39, 0.29) is 6.04 Å². The fourth-order valence-electron chi connectivity index (χ4n) is 3.15. The summed E-state index contributed by atoms with van der Waals surface area (Å²) in [6.07, 6.45) is 6.83. The van der Waals surface area contributed by atoms with Crippen molar-refractivity contribution in [2.24, 2.45) is 5.73 Å². The van der Waals surface area contributed by atoms with Crippen molar-refractivity contribution in [3.8, 4) is 0 Å². The molecule has 2 heteroatoms. The molecule has 1 aromatic carbocycles. The Morgan fingerprint density at radius 1 is 1.22 bits per heavy atom. The summed E-state index contributed by atoms with van der Waals surface area (Å²) in [6, 6.07) is 9.45. The van der Waals surface area contributed by atoms with Crippen molar-refractivity contribution in [1.29, 1.82) is 0 Å². The third-order valence-electron chi connectivity index (χ3n) is 4.09. The van der Waals surface area contributed by atoms with Crippen LogP contribution in [0.4, 0.5) is 5.69 Å². The van der Waals surface area contributed by atoms with Crippen molar-refractivity contribution in [2.75, 3.05) is 11.4 Å². The van der Waals surface area contributed by atoms with Gasteiger partial charge in [0.2, 0.25) is 0 Å². The summed E-state index contributed by atoms with van der Waals surface area (Å²) in [7, 11) is 0. The van der Waals surface area contributed by atoms with Gasteiger partial charge in [-0.3, -0.25) is 0 Å². The Morgan fingerprint density at radius 3 is 2.50 bits per heavy atom. The number of anilines is 1. The van der Waals surface area contributed by atoms with Crippen molar-refractivity contribution in [2.45, 2.75) is 58.0 Å². The first-order valence-corrected chi connectivity index (χ1v) is 7.35. The summed E-state index contributed by atoms with van der Waals surface area (Å²) in [4.78, 5) is 2.57. The predicted molar refractivity (Wildman–Crippen MR) is 78.9 cm³/mol. The lowest BCUT2D eigenvalue weighted by Gasteiger charge is -2.37. The molecule has 1 atom stereocenters. The molecular weight excluding hydrogens is 220 g/mol. The predicted octanol–water partition coefficient (Wildman–Crippen LogP) is 3.87. The second-order valence-corrected chi connectivity index (χ2v) is 5.43. The third-order valence-corrected chi connectivity index (χ3v) is 4.09. The zero-order valence-electron chi connectivity index (χ0n) is 11.7. The molecule has 2 nitrogen and oxygen atoms in total. The Hall–Kier alpha value is -1.02. The molecule has 2 rings (SSSR count). The van der Waals surface area contributed by atoms with E-state index < -0.39 is 0 Å². The molecule has 0 radical (unpaired) electrons. The summed E-state index contributed by atoms with van der Waals surface area (Å²) in [5, 5.41) is 0. The van der Waals surface area contributed by atoms with Gasteiger partial charge in [0.25, 0.3) is 0 Å². The molecule has 1 saturated carbocycles. The molecule has 0 bridgehead atoms. The van der Waals surface area contributed by atoms with Gasteiger partial charge in [0.15, 0.2) is 0 Å². The van der Waals surface area contributed by atoms with E-state index in [9.17, 15) is 0 Å². The lowest BCUT2D eigenvalue weighted by Crippen LogP contribution is -2.37. The summed E-state index contributed by atoms with van der Waals surface area (Å²) in [5.41, 5.74) is 8.74. The fraction of sp³-hybridized carbons (Fsp3) is 0.625. The number of hydrogen-bond donors (Lipinski definition) is 1. The van der Waals surface area contributed by atoms with Gasteiger partial charge in [-0.1, -0.05) is 37.5 Å². The Balaban J connectivity index is 2.26. The summed E-state index contributed by atoms with van der Waals surface area (Å²) in [6.45, 7) is 5.41. The van der Waals surface area contributed by atoms with Crippen LogP contribution in [0.15, 0.2) is 24.3 Å². The van der Waals surface area contributed by atoms with Gasteiger partial charge >= 0.3 is 0 Å². The van der Waals surface area contributed by atoms with E-state index >= 15 is 0 Å². The van der Waals surface area contributed by atoms with E-state index in [1.165, 1.54) is 43.4 Å². The van der Waals surface area contributed by atoms with Gasteiger partial charge in [-0.25, -0.2) is 0 Å². The number of para-hydroxylation sites is 1. The van der Waals surface area contributed by atoms with E-state index in [4.69, 9.17) is 5.73 Å². The first-order valence-electron chi connectivity index (χ1n) is 7.35. The van der Waals surface area contributed by atoms with Crippen LogP contribution in [-0.2, 0) is 0 Å². The molecule has 18 heavy (non-hydrogen) atoms. The Bertz CT molecular complexity index is 367. The molecule has 100 valence electrons. The Labute approximate surface area is 111 Å². The SMILES string of the molecule is CCN(c1ccccc1C(C)N)C1CCCCC1. The van der Waals surface area contributed by atoms with Crippen LogP contribution in [0, 0.1) is 0 Å². The van der Waals surface area contributed by atoms with Crippen LogP contribution >= 0.6 is 0 Å². The first kappa shape index (κ1) is 13.4. The van der Waals surface area contributed by atoms with Crippen molar-refractivity contribution in [3.05, 3.63) is 29.8 Å². The molecule has 0 heterocycles. The molecule has 0 aliphatic heterocycles. The zero-order chi connectivity index (χ0) is 13.0. The molecule has 1 aliphatic rings. The minimum Gasteiger partial charge on any atom is -0.369 e. The molecule has 1 aliphatic carbocycles. The first-order chi connectivity index (χ1) is 8.74. The maximum Gasteiger partial charge on any atom is 0.0416 e. The van der Waals surface area contributed by atoms with Gasteiger partial charge in [0.1, 0.15) is 0 Å². The van der Waals surface area contributed by atoms with E-state index in [0.29, 0.717) is 6.04 Å². The highest BCUT2D eigenvalue weighted by molar-refractivity contribution is 5.55. The largest absolute Gasteiger partial charge is 0.369 e. The second-order valence-electron chi connectivity index (χ2n) is 5.43. The standard InChI is InChI=1S/C16H26N2/c1-3-18(14-9-5-4-6-10-14)16-12-8-7-11-15(16)13(2)17/h7-8,11-14H,3-6,9-10,17H2,1-2H3. The highest BCUT2D eigenvalue weighted by Gasteiger charge is 2.22. The minimum absolute atomic E-state index is 0.110. The van der Waals surface area contributed by atoms with Crippen LogP contribution in [0.25, 0.3) is 0 Å². The summed E-state index contributed by atoms with van der Waals surface area (Å²) < 4.78 is 0. The normalized spacial score (nSPS) is 18.6. The van der Waals surface area contributed by atoms with Crippen LogP contribution in [0.1, 0.15) is 57.6 Å². The maximum absolute atomic E-state index is 6.11. The number of rotatable bonds is 4. The fourth-order valence-corrected chi connectivity index (χ4v) is 3.15. The molecule has 1 aromatic rings. The maximum atomic E-state index is 6.11. The summed E-state index contributed by atoms with van der Waals surface area (Å²) in [5.74, 6) is 0. The van der Waals surface area contributed by atoms with Crippen molar-refractivity contribution in [1.82, 2.24) is 0 Å². The highest BCUT2D eigenvalue weighted by atomic mass is 15.2. The Morgan fingerprint density at radius 2 is 1.89 bits per heavy atom.